The third-order valence-corrected chi connectivity index (χ3v) is 7.25. The Morgan fingerprint density at radius 1 is 1.06 bits per heavy atom. The molecule has 0 radical (unpaired) electrons. The molecule has 2 aromatic carbocycles. The van der Waals surface area contributed by atoms with E-state index >= 15 is 0 Å². The van der Waals surface area contributed by atoms with Gasteiger partial charge in [-0.15, -0.1) is 0 Å². The van der Waals surface area contributed by atoms with Gasteiger partial charge in [0.15, 0.2) is 6.23 Å². The predicted molar refractivity (Wildman–Crippen MR) is 167 cm³/mol. The lowest BCUT2D eigenvalue weighted by Gasteiger charge is -2.30. The van der Waals surface area contributed by atoms with Gasteiger partial charge in [-0.3, -0.25) is 19.7 Å². The maximum Gasteiger partial charge on any atom is 0.338 e. The zero-order valence-electron chi connectivity index (χ0n) is 25.7. The number of non-ortho nitro benzene ring substituents is 1. The van der Waals surface area contributed by atoms with Crippen LogP contribution in [0.2, 0.25) is 0 Å². The number of carbonyl (C=O) groups excluding carboxylic acids is 3. The number of H-pyrrole nitrogens is 1. The van der Waals surface area contributed by atoms with Gasteiger partial charge in [0.05, 0.1) is 35.4 Å². The van der Waals surface area contributed by atoms with Crippen LogP contribution in [0.4, 0.5) is 5.69 Å². The second-order valence-corrected chi connectivity index (χ2v) is 10.2. The van der Waals surface area contributed by atoms with Crippen LogP contribution in [-0.2, 0) is 23.9 Å². The first-order valence-electron chi connectivity index (χ1n) is 14.0. The van der Waals surface area contributed by atoms with E-state index in [1.807, 2.05) is 6.07 Å². The van der Waals surface area contributed by atoms with Gasteiger partial charge < -0.3 is 29.8 Å². The lowest BCUT2D eigenvalue weighted by Crippen LogP contribution is -2.36. The summed E-state index contributed by atoms with van der Waals surface area (Å²) >= 11 is 0. The van der Waals surface area contributed by atoms with Crippen LogP contribution >= 0.6 is 0 Å². The molecule has 0 spiro atoms. The number of aromatic nitrogens is 1. The molecule has 240 valence electrons. The quantitative estimate of drug-likeness (QED) is 0.0688. The first-order valence-corrected chi connectivity index (χ1v) is 14.0. The van der Waals surface area contributed by atoms with Crippen LogP contribution in [0.5, 0.6) is 5.75 Å². The number of pyridine rings is 1. The number of benzene rings is 2. The zero-order valence-corrected chi connectivity index (χ0v) is 25.7. The van der Waals surface area contributed by atoms with Crippen molar-refractivity contribution in [1.82, 2.24) is 15.6 Å². The van der Waals surface area contributed by atoms with Crippen LogP contribution in [-0.4, -0.2) is 41.6 Å². The van der Waals surface area contributed by atoms with Gasteiger partial charge in [-0.2, -0.15) is 5.26 Å². The zero-order chi connectivity index (χ0) is 34.2. The van der Waals surface area contributed by atoms with Crippen LogP contribution in [0, 0.1) is 28.4 Å². The third-order valence-electron chi connectivity index (χ3n) is 7.25. The van der Waals surface area contributed by atoms with Crippen LogP contribution in [0.25, 0.3) is 11.1 Å². The van der Waals surface area contributed by atoms with Crippen molar-refractivity contribution >= 4 is 24.0 Å². The normalized spacial score (nSPS) is 14.9. The largest absolute Gasteiger partial charge is 0.466 e. The van der Waals surface area contributed by atoms with Crippen LogP contribution in [0.3, 0.4) is 0 Å². The summed E-state index contributed by atoms with van der Waals surface area (Å²) in [4.78, 5) is 63.3. The highest BCUT2D eigenvalue weighted by atomic mass is 16.6. The number of rotatable bonds is 11. The maximum atomic E-state index is 13.7. The molecule has 14 nitrogen and oxygen atoms in total. The van der Waals surface area contributed by atoms with E-state index in [1.54, 1.807) is 51.1 Å². The number of nitro groups is 1. The van der Waals surface area contributed by atoms with E-state index in [9.17, 15) is 34.6 Å². The van der Waals surface area contributed by atoms with E-state index in [2.05, 4.69) is 15.6 Å². The molecule has 47 heavy (non-hydrogen) atoms. The van der Waals surface area contributed by atoms with Crippen LogP contribution in [0.15, 0.2) is 94.3 Å². The number of ether oxygens (including phenoxy) is 3. The smallest absolute Gasteiger partial charge is 0.338 e. The van der Waals surface area contributed by atoms with Gasteiger partial charge in [-0.25, -0.2) is 9.59 Å². The molecule has 14 heteroatoms. The Morgan fingerprint density at radius 3 is 2.36 bits per heavy atom. The summed E-state index contributed by atoms with van der Waals surface area (Å²) in [6.45, 7) is 4.91. The van der Waals surface area contributed by atoms with Gasteiger partial charge >= 0.3 is 11.9 Å². The number of aryl methyl sites for hydroxylation is 1. The number of amides is 1. The number of dihydropyridines is 1. The molecule has 0 bridgehead atoms. The summed E-state index contributed by atoms with van der Waals surface area (Å²) in [6, 6.07) is 15.6. The molecule has 2 heterocycles. The molecule has 0 saturated carbocycles. The minimum atomic E-state index is -1.31. The lowest BCUT2D eigenvalue weighted by atomic mass is 9.80. The standard InChI is InChI=1S/C33H29N5O9/c1-18-26(15-23(16-34)31(40)37-18)21-8-10-25(11-9-21)46-13-12-27(35-17-39)47-33(42)29-20(3)36-19(2)28(32(41)45-4)30(29)22-6-5-7-24(14-22)38(43)44/h5-15,17,27,30,36H,1-4H3,(H,35,39)(H,37,40). The number of aromatic amines is 1. The first-order chi connectivity index (χ1) is 22.5. The van der Waals surface area contributed by atoms with E-state index in [0.717, 1.165) is 5.56 Å². The highest BCUT2D eigenvalue weighted by Gasteiger charge is 2.39. The molecule has 3 N–H and O–H groups in total. The van der Waals surface area contributed by atoms with E-state index < -0.39 is 34.6 Å². The summed E-state index contributed by atoms with van der Waals surface area (Å²) < 4.78 is 16.2. The van der Waals surface area contributed by atoms with Crippen molar-refractivity contribution in [2.75, 3.05) is 7.11 Å². The number of nitrogens with one attached hydrogen (secondary N) is 3. The van der Waals surface area contributed by atoms with E-state index in [0.29, 0.717) is 34.8 Å². The summed E-state index contributed by atoms with van der Waals surface area (Å²) in [5.41, 5.74) is 2.23. The number of nitriles is 1. The van der Waals surface area contributed by atoms with Crippen molar-refractivity contribution in [1.29, 1.82) is 5.26 Å². The molecule has 2 unspecified atom stereocenters. The Bertz CT molecular complexity index is 1930. The van der Waals surface area contributed by atoms with E-state index in [-0.39, 0.29) is 28.0 Å². The molecule has 1 aliphatic heterocycles. The minimum absolute atomic E-state index is 0.0174. The fourth-order valence-corrected chi connectivity index (χ4v) is 5.08. The highest BCUT2D eigenvalue weighted by Crippen LogP contribution is 2.40. The Morgan fingerprint density at radius 2 is 1.74 bits per heavy atom. The van der Waals surface area contributed by atoms with Crippen molar-refractivity contribution in [2.24, 2.45) is 0 Å². The number of allylic oxidation sites excluding steroid dienone is 2. The van der Waals surface area contributed by atoms with E-state index in [4.69, 9.17) is 14.2 Å². The van der Waals surface area contributed by atoms with Crippen LogP contribution in [0.1, 0.15) is 36.6 Å². The molecular formula is C33H29N5O9. The Labute approximate surface area is 268 Å². The van der Waals surface area contributed by atoms with Gasteiger partial charge in [-0.1, -0.05) is 24.3 Å². The first kappa shape index (κ1) is 33.4. The topological polar surface area (TPSA) is 203 Å². The lowest BCUT2D eigenvalue weighted by molar-refractivity contribution is -0.384. The van der Waals surface area contributed by atoms with Crippen molar-refractivity contribution in [3.05, 3.63) is 127 Å². The number of hydrogen-bond donors (Lipinski definition) is 3. The Balaban J connectivity index is 1.57. The number of nitro benzene ring substituents is 1. The number of carbonyl (C=O) groups is 3. The monoisotopic (exact) mass is 639 g/mol. The summed E-state index contributed by atoms with van der Waals surface area (Å²) in [5, 5.41) is 26.0. The summed E-state index contributed by atoms with van der Waals surface area (Å²) in [6.07, 6.45) is 1.47. The van der Waals surface area contributed by atoms with Gasteiger partial charge in [0, 0.05) is 40.9 Å². The number of nitrogens with zero attached hydrogens (tertiary/aromatic N) is 2. The second kappa shape index (κ2) is 14.5. The third kappa shape index (κ3) is 7.43. The number of esters is 2. The molecule has 2 atom stereocenters. The average molecular weight is 640 g/mol. The minimum Gasteiger partial charge on any atom is -0.466 e. The van der Waals surface area contributed by atoms with Gasteiger partial charge in [0.2, 0.25) is 6.41 Å². The van der Waals surface area contributed by atoms with Crippen molar-refractivity contribution < 1.29 is 33.5 Å². The SMILES string of the molecule is COC(=O)C1=C(C)NC(C)=C(C(=O)OC(C=COc2ccc(-c3cc(C#N)c(=O)[nH]c3C)cc2)NC=O)C1c1cccc([N+](=O)[O-])c1. The van der Waals surface area contributed by atoms with Crippen LogP contribution < -0.4 is 20.9 Å². The molecular weight excluding hydrogens is 610 g/mol. The van der Waals surface area contributed by atoms with Gasteiger partial charge in [0.1, 0.15) is 17.4 Å². The highest BCUT2D eigenvalue weighted by molar-refractivity contribution is 6.00. The Hall–Kier alpha value is -6.49. The number of methoxy groups -OCH3 is 1. The molecule has 0 saturated heterocycles. The van der Waals surface area contributed by atoms with Gasteiger partial charge in [0.25, 0.3) is 11.2 Å². The van der Waals surface area contributed by atoms with Crippen molar-refractivity contribution in [3.8, 4) is 22.9 Å². The fourth-order valence-electron chi connectivity index (χ4n) is 5.08. The van der Waals surface area contributed by atoms with Crippen molar-refractivity contribution in [3.63, 3.8) is 0 Å². The second-order valence-electron chi connectivity index (χ2n) is 10.2. The fraction of sp³-hybridized carbons (Fsp3) is 0.182. The molecule has 1 amide bonds. The average Bonchev–Trinajstić information content (AvgIpc) is 3.04. The molecule has 0 aliphatic carbocycles. The summed E-state index contributed by atoms with van der Waals surface area (Å²) in [7, 11) is 1.17. The number of hydrogen-bond acceptors (Lipinski definition) is 11. The molecule has 4 rings (SSSR count). The summed E-state index contributed by atoms with van der Waals surface area (Å²) in [5.74, 6) is -2.40. The molecule has 1 aromatic heterocycles. The van der Waals surface area contributed by atoms with Gasteiger partial charge in [-0.05, 0) is 50.1 Å². The molecule has 3 aromatic rings. The molecule has 0 fully saturated rings. The Kier molecular flexibility index (Phi) is 10.3. The van der Waals surface area contributed by atoms with E-state index in [1.165, 1.54) is 43.7 Å². The maximum absolute atomic E-state index is 13.7. The molecule has 1 aliphatic rings. The van der Waals surface area contributed by atoms with Crippen molar-refractivity contribution in [2.45, 2.75) is 32.9 Å². The predicted octanol–water partition coefficient (Wildman–Crippen LogP) is 3.75.